The smallest absolute Gasteiger partial charge is 0.338 e. The van der Waals surface area contributed by atoms with Crippen LogP contribution in [0.2, 0.25) is 0 Å². The fourth-order valence-electron chi connectivity index (χ4n) is 5.73. The summed E-state index contributed by atoms with van der Waals surface area (Å²) in [5, 5.41) is 1.80. The zero-order valence-corrected chi connectivity index (χ0v) is 29.1. The molecule has 0 spiro atoms. The van der Waals surface area contributed by atoms with Gasteiger partial charge in [0.25, 0.3) is 5.56 Å². The number of benzene rings is 4. The van der Waals surface area contributed by atoms with Crippen molar-refractivity contribution in [3.05, 3.63) is 131 Å². The van der Waals surface area contributed by atoms with E-state index in [9.17, 15) is 14.0 Å². The summed E-state index contributed by atoms with van der Waals surface area (Å²) in [5.41, 5.74) is 1.99. The van der Waals surface area contributed by atoms with E-state index < -0.39 is 12.0 Å². The summed E-state index contributed by atoms with van der Waals surface area (Å²) in [7, 11) is 1.53. The summed E-state index contributed by atoms with van der Waals surface area (Å²) in [4.78, 5) is 33.1. The standard InChI is InChI=1S/C37H32BrFN2O6S/c1-5-45-31-19-27(38)26(17-30(31)44-4)34-33(36(43)46-6-2)21(3)40-37-41(34)35(42)32(48-37)18-25-24-13-9-7-11-22(24)15-16-29(25)47-20-23-12-8-10-14-28(23)39/h7-19,34H,5-6,20H2,1-4H3/b32-18+/t34-/m0/s1. The second-order valence-electron chi connectivity index (χ2n) is 10.8. The fraction of sp³-hybridized carbons (Fsp3) is 0.216. The second-order valence-corrected chi connectivity index (χ2v) is 12.7. The van der Waals surface area contributed by atoms with Gasteiger partial charge in [-0.05, 0) is 67.4 Å². The number of ether oxygens (including phenoxy) is 4. The van der Waals surface area contributed by atoms with Crippen LogP contribution < -0.4 is 29.1 Å². The number of hydrogen-bond acceptors (Lipinski definition) is 8. The Morgan fingerprint density at radius 1 is 1.00 bits per heavy atom. The molecule has 0 saturated heterocycles. The summed E-state index contributed by atoms with van der Waals surface area (Å²) in [5.74, 6) is 0.512. The van der Waals surface area contributed by atoms with Gasteiger partial charge in [0.05, 0.1) is 42.2 Å². The minimum atomic E-state index is -0.884. The van der Waals surface area contributed by atoms with Crippen LogP contribution in [0.3, 0.4) is 0 Å². The lowest BCUT2D eigenvalue weighted by molar-refractivity contribution is -0.139. The molecular weight excluding hydrogens is 699 g/mol. The van der Waals surface area contributed by atoms with E-state index in [0.717, 1.165) is 10.8 Å². The van der Waals surface area contributed by atoms with E-state index in [4.69, 9.17) is 23.9 Å². The predicted molar refractivity (Wildman–Crippen MR) is 187 cm³/mol. The second kappa shape index (κ2) is 14.2. The minimum Gasteiger partial charge on any atom is -0.493 e. The van der Waals surface area contributed by atoms with E-state index in [0.29, 0.717) is 60.0 Å². The molecule has 246 valence electrons. The Hall–Kier alpha value is -4.74. The average Bonchev–Trinajstić information content (AvgIpc) is 3.38. The Kier molecular flexibility index (Phi) is 9.79. The number of esters is 1. The number of carbonyl (C=O) groups is 1. The average molecular weight is 732 g/mol. The molecule has 11 heteroatoms. The van der Waals surface area contributed by atoms with Crippen LogP contribution in [0.4, 0.5) is 4.39 Å². The van der Waals surface area contributed by atoms with Crippen LogP contribution in [0, 0.1) is 5.82 Å². The quantitative estimate of drug-likeness (QED) is 0.146. The summed E-state index contributed by atoms with van der Waals surface area (Å²) in [6, 6.07) is 20.6. The first-order valence-electron chi connectivity index (χ1n) is 15.3. The third kappa shape index (κ3) is 6.27. The van der Waals surface area contributed by atoms with Gasteiger partial charge in [0, 0.05) is 15.6 Å². The molecular formula is C37H32BrFN2O6S. The molecule has 0 unspecified atom stereocenters. The highest BCUT2D eigenvalue weighted by molar-refractivity contribution is 9.10. The number of thiazole rings is 1. The van der Waals surface area contributed by atoms with Gasteiger partial charge in [-0.3, -0.25) is 9.36 Å². The number of fused-ring (bicyclic) bond motifs is 2. The normalized spacial score (nSPS) is 14.5. The SMILES string of the molecule is CCOC(=O)C1=C(C)N=c2s/c(=C/c3c(OCc4ccccc4F)ccc4ccccc34)c(=O)n2[C@H]1c1cc(OC)c(OCC)cc1Br. The van der Waals surface area contributed by atoms with Crippen LogP contribution in [0.1, 0.15) is 43.5 Å². The summed E-state index contributed by atoms with van der Waals surface area (Å²) in [6.45, 7) is 5.90. The highest BCUT2D eigenvalue weighted by Crippen LogP contribution is 2.41. The van der Waals surface area contributed by atoms with E-state index in [1.807, 2.05) is 43.3 Å². The third-order valence-electron chi connectivity index (χ3n) is 7.94. The molecule has 2 heterocycles. The van der Waals surface area contributed by atoms with Gasteiger partial charge in [-0.25, -0.2) is 14.2 Å². The van der Waals surface area contributed by atoms with Gasteiger partial charge in [0.2, 0.25) is 0 Å². The molecule has 1 atom stereocenters. The molecule has 0 aliphatic carbocycles. The highest BCUT2D eigenvalue weighted by Gasteiger charge is 2.35. The Morgan fingerprint density at radius 3 is 2.52 bits per heavy atom. The van der Waals surface area contributed by atoms with Crippen molar-refractivity contribution in [2.24, 2.45) is 4.99 Å². The van der Waals surface area contributed by atoms with Crippen LogP contribution >= 0.6 is 27.3 Å². The van der Waals surface area contributed by atoms with Crippen molar-refractivity contribution in [2.45, 2.75) is 33.4 Å². The van der Waals surface area contributed by atoms with Gasteiger partial charge >= 0.3 is 5.97 Å². The lowest BCUT2D eigenvalue weighted by Crippen LogP contribution is -2.40. The minimum absolute atomic E-state index is 0.00278. The summed E-state index contributed by atoms with van der Waals surface area (Å²) >= 11 is 4.87. The molecule has 1 aromatic heterocycles. The van der Waals surface area contributed by atoms with Crippen molar-refractivity contribution < 1.29 is 28.1 Å². The zero-order valence-electron chi connectivity index (χ0n) is 26.7. The number of aromatic nitrogens is 1. The van der Waals surface area contributed by atoms with Crippen molar-refractivity contribution in [1.82, 2.24) is 4.57 Å². The molecule has 0 bridgehead atoms. The van der Waals surface area contributed by atoms with Crippen LogP contribution in [-0.2, 0) is 16.1 Å². The van der Waals surface area contributed by atoms with E-state index in [1.54, 1.807) is 50.3 Å². The maximum atomic E-state index is 14.5. The van der Waals surface area contributed by atoms with E-state index in [2.05, 4.69) is 15.9 Å². The lowest BCUT2D eigenvalue weighted by Gasteiger charge is -2.26. The molecule has 6 rings (SSSR count). The largest absolute Gasteiger partial charge is 0.493 e. The molecule has 1 aliphatic heterocycles. The fourth-order valence-corrected chi connectivity index (χ4v) is 7.29. The van der Waals surface area contributed by atoms with Crippen molar-refractivity contribution in [1.29, 1.82) is 0 Å². The monoisotopic (exact) mass is 730 g/mol. The third-order valence-corrected chi connectivity index (χ3v) is 9.61. The Labute approximate surface area is 288 Å². The maximum absolute atomic E-state index is 14.5. The molecule has 4 aromatic carbocycles. The van der Waals surface area contributed by atoms with Crippen LogP contribution in [-0.4, -0.2) is 30.9 Å². The number of nitrogens with zero attached hydrogens (tertiary/aromatic N) is 2. The molecule has 0 amide bonds. The topological polar surface area (TPSA) is 88.4 Å². The van der Waals surface area contributed by atoms with E-state index in [-0.39, 0.29) is 30.2 Å². The predicted octanol–water partition coefficient (Wildman–Crippen LogP) is 6.84. The van der Waals surface area contributed by atoms with Gasteiger partial charge in [0.1, 0.15) is 18.2 Å². The molecule has 1 aliphatic rings. The summed E-state index contributed by atoms with van der Waals surface area (Å²) in [6.07, 6.45) is 1.77. The number of halogens is 2. The Morgan fingerprint density at radius 2 is 1.77 bits per heavy atom. The Balaban J connectivity index is 1.56. The van der Waals surface area contributed by atoms with Gasteiger partial charge in [-0.2, -0.15) is 0 Å². The van der Waals surface area contributed by atoms with E-state index in [1.165, 1.54) is 29.1 Å². The van der Waals surface area contributed by atoms with Crippen molar-refractivity contribution >= 4 is 50.1 Å². The van der Waals surface area contributed by atoms with Gasteiger partial charge in [-0.1, -0.05) is 75.8 Å². The van der Waals surface area contributed by atoms with Gasteiger partial charge in [-0.15, -0.1) is 0 Å². The van der Waals surface area contributed by atoms with E-state index >= 15 is 0 Å². The first kappa shape index (κ1) is 33.2. The van der Waals surface area contributed by atoms with Gasteiger partial charge < -0.3 is 18.9 Å². The number of carbonyl (C=O) groups excluding carboxylic acids is 1. The molecule has 5 aromatic rings. The number of rotatable bonds is 10. The van der Waals surface area contributed by atoms with Crippen LogP contribution in [0.25, 0.3) is 16.8 Å². The molecule has 0 saturated carbocycles. The lowest BCUT2D eigenvalue weighted by atomic mass is 9.95. The number of methoxy groups -OCH3 is 1. The molecule has 0 radical (unpaired) electrons. The first-order chi connectivity index (χ1) is 23.2. The van der Waals surface area contributed by atoms with Gasteiger partial charge in [0.15, 0.2) is 16.3 Å². The van der Waals surface area contributed by atoms with Crippen molar-refractivity contribution in [3.8, 4) is 17.2 Å². The molecule has 48 heavy (non-hydrogen) atoms. The number of hydrogen-bond donors (Lipinski definition) is 0. The summed E-state index contributed by atoms with van der Waals surface area (Å²) < 4.78 is 40.0. The van der Waals surface area contributed by atoms with Crippen molar-refractivity contribution in [2.75, 3.05) is 20.3 Å². The highest BCUT2D eigenvalue weighted by atomic mass is 79.9. The molecule has 0 fully saturated rings. The maximum Gasteiger partial charge on any atom is 0.338 e. The van der Waals surface area contributed by atoms with Crippen LogP contribution in [0.5, 0.6) is 17.2 Å². The van der Waals surface area contributed by atoms with Crippen molar-refractivity contribution in [3.63, 3.8) is 0 Å². The zero-order chi connectivity index (χ0) is 33.9. The Bertz CT molecular complexity index is 2260. The number of allylic oxidation sites excluding steroid dienone is 1. The molecule has 8 nitrogen and oxygen atoms in total. The molecule has 0 N–H and O–H groups in total. The van der Waals surface area contributed by atoms with Crippen LogP contribution in [0.15, 0.2) is 98.3 Å². The first-order valence-corrected chi connectivity index (χ1v) is 16.9.